The molecule has 2 rings (SSSR count). The highest BCUT2D eigenvalue weighted by atomic mass is 32.2. The van der Waals surface area contributed by atoms with Gasteiger partial charge in [-0.2, -0.15) is 0 Å². The fraction of sp³-hybridized carbons (Fsp3) is 0.500. The summed E-state index contributed by atoms with van der Waals surface area (Å²) in [5, 5.41) is 11.1. The first-order chi connectivity index (χ1) is 9.86. The number of hydrazine groups is 1. The van der Waals surface area contributed by atoms with Gasteiger partial charge in [-0.05, 0) is 30.9 Å². The second kappa shape index (κ2) is 5.96. The van der Waals surface area contributed by atoms with Gasteiger partial charge in [0.1, 0.15) is 0 Å². The smallest absolute Gasteiger partial charge is 0.289 e. The van der Waals surface area contributed by atoms with Gasteiger partial charge in [0.15, 0.2) is 4.90 Å². The van der Waals surface area contributed by atoms with E-state index in [-0.39, 0.29) is 4.90 Å². The number of sulfonamides is 1. The van der Waals surface area contributed by atoms with Gasteiger partial charge in [-0.3, -0.25) is 16.0 Å². The number of nitrogens with one attached hydrogen (secondary N) is 1. The first kappa shape index (κ1) is 15.7. The Kier molecular flexibility index (Phi) is 4.45. The van der Waals surface area contributed by atoms with Gasteiger partial charge in [0.2, 0.25) is 10.0 Å². The van der Waals surface area contributed by atoms with Gasteiger partial charge in [-0.1, -0.05) is 6.42 Å². The van der Waals surface area contributed by atoms with Gasteiger partial charge in [0, 0.05) is 19.7 Å². The lowest BCUT2D eigenvalue weighted by Crippen LogP contribution is -2.34. The summed E-state index contributed by atoms with van der Waals surface area (Å²) in [6, 6.07) is 3.69. The maximum atomic E-state index is 12.6. The number of nitrogens with zero attached hydrogens (tertiary/aromatic N) is 2. The standard InChI is InChI=1S/C12H18N4O4S/c1-15(8-9-3-2-4-9)21(19,20)12-7-10(14-13)5-6-11(12)16(17)18/h5-7,9,14H,2-4,8,13H2,1H3. The Labute approximate surface area is 123 Å². The average molecular weight is 314 g/mol. The molecule has 0 saturated heterocycles. The number of hydrogen-bond acceptors (Lipinski definition) is 6. The minimum atomic E-state index is -3.92. The van der Waals surface area contributed by atoms with Crippen LogP contribution in [0.1, 0.15) is 19.3 Å². The molecule has 1 aromatic rings. The molecule has 0 aromatic heterocycles. The van der Waals surface area contributed by atoms with Crippen molar-refractivity contribution in [1.29, 1.82) is 0 Å². The first-order valence-corrected chi connectivity index (χ1v) is 8.01. The molecule has 0 atom stereocenters. The van der Waals surface area contributed by atoms with Crippen molar-refractivity contribution in [3.63, 3.8) is 0 Å². The van der Waals surface area contributed by atoms with Crippen LogP contribution in [-0.2, 0) is 10.0 Å². The third kappa shape index (κ3) is 3.14. The molecule has 9 heteroatoms. The lowest BCUT2D eigenvalue weighted by atomic mass is 9.86. The van der Waals surface area contributed by atoms with E-state index in [1.165, 1.54) is 23.5 Å². The van der Waals surface area contributed by atoms with Crippen molar-refractivity contribution in [2.45, 2.75) is 24.2 Å². The van der Waals surface area contributed by atoms with Crippen molar-refractivity contribution in [3.8, 4) is 0 Å². The van der Waals surface area contributed by atoms with E-state index in [2.05, 4.69) is 5.43 Å². The summed E-state index contributed by atoms with van der Waals surface area (Å²) in [5.74, 6) is 5.58. The zero-order valence-corrected chi connectivity index (χ0v) is 12.5. The molecule has 0 heterocycles. The Balaban J connectivity index is 2.38. The number of nitrogens with two attached hydrogens (primary N) is 1. The first-order valence-electron chi connectivity index (χ1n) is 6.57. The van der Waals surface area contributed by atoms with Crippen molar-refractivity contribution in [2.75, 3.05) is 19.0 Å². The molecule has 1 aliphatic carbocycles. The van der Waals surface area contributed by atoms with Crippen LogP contribution in [0.25, 0.3) is 0 Å². The summed E-state index contributed by atoms with van der Waals surface area (Å²) in [6.07, 6.45) is 3.09. The van der Waals surface area contributed by atoms with E-state index in [1.54, 1.807) is 0 Å². The Morgan fingerprint density at radius 1 is 1.48 bits per heavy atom. The molecule has 0 amide bonds. The van der Waals surface area contributed by atoms with Gasteiger partial charge in [0.05, 0.1) is 10.6 Å². The SMILES string of the molecule is CN(CC1CCC1)S(=O)(=O)c1cc(NN)ccc1[N+](=O)[O-]. The van der Waals surface area contributed by atoms with E-state index >= 15 is 0 Å². The Bertz CT molecular complexity index is 643. The third-order valence-electron chi connectivity index (χ3n) is 3.75. The number of benzene rings is 1. The predicted molar refractivity (Wildman–Crippen MR) is 78.1 cm³/mol. The quantitative estimate of drug-likeness (QED) is 0.464. The highest BCUT2D eigenvalue weighted by Gasteiger charge is 2.32. The van der Waals surface area contributed by atoms with Gasteiger partial charge in [-0.15, -0.1) is 0 Å². The summed E-state index contributed by atoms with van der Waals surface area (Å²) in [4.78, 5) is 10.0. The van der Waals surface area contributed by atoms with Gasteiger partial charge in [0.25, 0.3) is 5.69 Å². The van der Waals surface area contributed by atoms with Crippen molar-refractivity contribution >= 4 is 21.4 Å². The number of nitro benzene ring substituents is 1. The zero-order chi connectivity index (χ0) is 15.6. The number of anilines is 1. The van der Waals surface area contributed by atoms with Crippen LogP contribution in [0.15, 0.2) is 23.1 Å². The fourth-order valence-electron chi connectivity index (χ4n) is 2.27. The molecule has 1 aliphatic rings. The topological polar surface area (TPSA) is 119 Å². The minimum Gasteiger partial charge on any atom is -0.324 e. The largest absolute Gasteiger partial charge is 0.324 e. The zero-order valence-electron chi connectivity index (χ0n) is 11.7. The van der Waals surface area contributed by atoms with Crippen LogP contribution in [-0.4, -0.2) is 31.2 Å². The molecule has 1 saturated carbocycles. The van der Waals surface area contributed by atoms with Crippen LogP contribution in [0, 0.1) is 16.0 Å². The van der Waals surface area contributed by atoms with Crippen LogP contribution in [0.3, 0.4) is 0 Å². The van der Waals surface area contributed by atoms with E-state index in [9.17, 15) is 18.5 Å². The summed E-state index contributed by atoms with van der Waals surface area (Å²) < 4.78 is 26.3. The predicted octanol–water partition coefficient (Wildman–Crippen LogP) is 1.30. The Morgan fingerprint density at radius 3 is 2.62 bits per heavy atom. The van der Waals surface area contributed by atoms with E-state index in [0.29, 0.717) is 18.2 Å². The van der Waals surface area contributed by atoms with E-state index < -0.39 is 20.6 Å². The van der Waals surface area contributed by atoms with Crippen LogP contribution in [0.4, 0.5) is 11.4 Å². The monoisotopic (exact) mass is 314 g/mol. The molecule has 0 radical (unpaired) electrons. The average Bonchev–Trinajstić information content (AvgIpc) is 2.41. The number of hydrogen-bond donors (Lipinski definition) is 2. The minimum absolute atomic E-state index is 0.302. The van der Waals surface area contributed by atoms with Crippen molar-refractivity contribution in [1.82, 2.24) is 4.31 Å². The summed E-state index contributed by atoms with van der Waals surface area (Å²) in [5.41, 5.74) is 2.15. The maximum absolute atomic E-state index is 12.6. The molecule has 0 spiro atoms. The Morgan fingerprint density at radius 2 is 2.14 bits per heavy atom. The second-order valence-electron chi connectivity index (χ2n) is 5.17. The normalized spacial score (nSPS) is 15.8. The van der Waals surface area contributed by atoms with Gasteiger partial charge < -0.3 is 5.43 Å². The van der Waals surface area contributed by atoms with Crippen molar-refractivity contribution in [3.05, 3.63) is 28.3 Å². The lowest BCUT2D eigenvalue weighted by Gasteiger charge is -2.29. The van der Waals surface area contributed by atoms with Crippen LogP contribution < -0.4 is 11.3 Å². The molecule has 8 nitrogen and oxygen atoms in total. The van der Waals surface area contributed by atoms with E-state index in [0.717, 1.165) is 25.3 Å². The molecule has 1 fully saturated rings. The Hall–Kier alpha value is -1.71. The molecule has 1 aromatic carbocycles. The van der Waals surface area contributed by atoms with Crippen LogP contribution >= 0.6 is 0 Å². The summed E-state index contributed by atoms with van der Waals surface area (Å²) in [6.45, 7) is 0.375. The van der Waals surface area contributed by atoms with Crippen LogP contribution in [0.2, 0.25) is 0 Å². The van der Waals surface area contributed by atoms with E-state index in [4.69, 9.17) is 5.84 Å². The molecule has 0 bridgehead atoms. The number of nitrogen functional groups attached to an aromatic ring is 1. The van der Waals surface area contributed by atoms with Crippen molar-refractivity contribution < 1.29 is 13.3 Å². The van der Waals surface area contributed by atoms with Gasteiger partial charge in [-0.25, -0.2) is 12.7 Å². The molecule has 21 heavy (non-hydrogen) atoms. The summed E-state index contributed by atoms with van der Waals surface area (Å²) >= 11 is 0. The van der Waals surface area contributed by atoms with E-state index in [1.807, 2.05) is 0 Å². The fourth-order valence-corrected chi connectivity index (χ4v) is 3.69. The maximum Gasteiger partial charge on any atom is 0.289 e. The highest BCUT2D eigenvalue weighted by molar-refractivity contribution is 7.89. The number of nitro groups is 1. The molecule has 0 unspecified atom stereocenters. The molecular formula is C12H18N4O4S. The molecule has 116 valence electrons. The van der Waals surface area contributed by atoms with Gasteiger partial charge >= 0.3 is 0 Å². The third-order valence-corrected chi connectivity index (χ3v) is 5.60. The lowest BCUT2D eigenvalue weighted by molar-refractivity contribution is -0.387. The highest BCUT2D eigenvalue weighted by Crippen LogP contribution is 2.32. The molecule has 3 N–H and O–H groups in total. The number of rotatable bonds is 6. The van der Waals surface area contributed by atoms with Crippen LogP contribution in [0.5, 0.6) is 0 Å². The summed E-state index contributed by atoms with van der Waals surface area (Å²) in [7, 11) is -2.48. The molecular weight excluding hydrogens is 296 g/mol. The molecule has 0 aliphatic heterocycles. The van der Waals surface area contributed by atoms with Crippen molar-refractivity contribution in [2.24, 2.45) is 11.8 Å². The second-order valence-corrected chi connectivity index (χ2v) is 7.18.